The quantitative estimate of drug-likeness (QED) is 0.638. The number of fused-ring (bicyclic) bond motifs is 1. The second-order valence-corrected chi connectivity index (χ2v) is 7.48. The number of thioether (sulfide) groups is 1. The van der Waals surface area contributed by atoms with Crippen LogP contribution in [0.1, 0.15) is 32.9 Å². The number of hydrogen-bond acceptors (Lipinski definition) is 6. The Labute approximate surface area is 165 Å². The number of hydrogen-bond donors (Lipinski definition) is 2. The molecule has 28 heavy (non-hydrogen) atoms. The van der Waals surface area contributed by atoms with Crippen molar-refractivity contribution >= 4 is 23.4 Å². The van der Waals surface area contributed by atoms with Gasteiger partial charge in [-0.2, -0.15) is 0 Å². The molecule has 2 aromatic heterocycles. The van der Waals surface area contributed by atoms with Crippen LogP contribution in [0, 0.1) is 12.7 Å². The van der Waals surface area contributed by atoms with Crippen molar-refractivity contribution in [2.24, 2.45) is 0 Å². The first-order valence-corrected chi connectivity index (χ1v) is 9.92. The lowest BCUT2D eigenvalue weighted by Gasteiger charge is -2.19. The topological polar surface area (TPSA) is 80.0 Å². The molecule has 1 aliphatic rings. The van der Waals surface area contributed by atoms with Crippen LogP contribution in [0.15, 0.2) is 46.1 Å². The molecule has 0 atom stereocenters. The number of anilines is 1. The molecule has 0 unspecified atom stereocenters. The molecule has 0 saturated carbocycles. The minimum atomic E-state index is -0.389. The van der Waals surface area contributed by atoms with Crippen LogP contribution in [0.5, 0.6) is 0 Å². The van der Waals surface area contributed by atoms with Gasteiger partial charge in [-0.1, -0.05) is 23.0 Å². The summed E-state index contributed by atoms with van der Waals surface area (Å²) in [5, 5.41) is 10.4. The lowest BCUT2D eigenvalue weighted by Crippen LogP contribution is -2.25. The second kappa shape index (κ2) is 8.12. The van der Waals surface area contributed by atoms with Gasteiger partial charge in [0.2, 0.25) is 0 Å². The number of aryl methyl sites for hydroxylation is 1. The van der Waals surface area contributed by atoms with Crippen LogP contribution in [-0.4, -0.2) is 22.6 Å². The van der Waals surface area contributed by atoms with E-state index in [1.807, 2.05) is 19.1 Å². The van der Waals surface area contributed by atoms with Crippen molar-refractivity contribution in [2.75, 3.05) is 11.9 Å². The zero-order valence-corrected chi connectivity index (χ0v) is 16.1. The van der Waals surface area contributed by atoms with Crippen molar-refractivity contribution < 1.29 is 13.7 Å². The molecule has 0 bridgehead atoms. The zero-order chi connectivity index (χ0) is 19.5. The number of carbonyl (C=O) groups excluding carboxylic acids is 1. The van der Waals surface area contributed by atoms with Crippen molar-refractivity contribution in [3.8, 4) is 0 Å². The van der Waals surface area contributed by atoms with Gasteiger partial charge in [0.25, 0.3) is 5.91 Å². The molecule has 2 N–H and O–H groups in total. The summed E-state index contributed by atoms with van der Waals surface area (Å²) in [4.78, 5) is 17.1. The predicted octanol–water partition coefficient (Wildman–Crippen LogP) is 3.71. The minimum absolute atomic E-state index is 0.192. The summed E-state index contributed by atoms with van der Waals surface area (Å²) in [7, 11) is 0. The van der Waals surface area contributed by atoms with Gasteiger partial charge >= 0.3 is 0 Å². The monoisotopic (exact) mass is 398 g/mol. The summed E-state index contributed by atoms with van der Waals surface area (Å²) in [5.41, 5.74) is 2.96. The summed E-state index contributed by atoms with van der Waals surface area (Å²) >= 11 is 1.38. The number of halogens is 1. The molecule has 0 spiro atoms. The number of nitrogens with one attached hydrogen (secondary N) is 2. The third-order valence-electron chi connectivity index (χ3n) is 4.50. The smallest absolute Gasteiger partial charge is 0.258 e. The van der Waals surface area contributed by atoms with Gasteiger partial charge in [-0.15, -0.1) is 0 Å². The number of carbonyl (C=O) groups is 1. The van der Waals surface area contributed by atoms with Crippen LogP contribution in [0.3, 0.4) is 0 Å². The summed E-state index contributed by atoms with van der Waals surface area (Å²) in [5.74, 6) is 0.505. The first kappa shape index (κ1) is 18.6. The zero-order valence-electron chi connectivity index (χ0n) is 15.3. The van der Waals surface area contributed by atoms with E-state index in [2.05, 4.69) is 20.8 Å². The molecule has 6 nitrogen and oxygen atoms in total. The maximum absolute atomic E-state index is 14.8. The van der Waals surface area contributed by atoms with Gasteiger partial charge in [0.1, 0.15) is 16.6 Å². The SMILES string of the molecule is Cc1cc(CSc2ncccc2C(=O)Nc2ccc3c(c2F)CCNC3)no1. The van der Waals surface area contributed by atoms with Gasteiger partial charge in [-0.3, -0.25) is 4.79 Å². The van der Waals surface area contributed by atoms with E-state index in [9.17, 15) is 9.18 Å². The molecule has 0 saturated heterocycles. The highest BCUT2D eigenvalue weighted by Crippen LogP contribution is 2.27. The van der Waals surface area contributed by atoms with Crippen molar-refractivity contribution in [3.63, 3.8) is 0 Å². The van der Waals surface area contributed by atoms with E-state index in [-0.39, 0.29) is 17.4 Å². The van der Waals surface area contributed by atoms with E-state index in [1.54, 1.807) is 24.4 Å². The number of aromatic nitrogens is 2. The molecular weight excluding hydrogens is 379 g/mol. The van der Waals surface area contributed by atoms with Gasteiger partial charge in [-0.05, 0) is 49.2 Å². The van der Waals surface area contributed by atoms with E-state index < -0.39 is 0 Å². The first-order valence-electron chi connectivity index (χ1n) is 8.94. The lowest BCUT2D eigenvalue weighted by atomic mass is 9.99. The van der Waals surface area contributed by atoms with Crippen molar-refractivity contribution in [1.29, 1.82) is 0 Å². The molecule has 144 valence electrons. The van der Waals surface area contributed by atoms with E-state index in [0.29, 0.717) is 34.9 Å². The average Bonchev–Trinajstić information content (AvgIpc) is 3.14. The average molecular weight is 398 g/mol. The Morgan fingerprint density at radius 1 is 1.39 bits per heavy atom. The predicted molar refractivity (Wildman–Crippen MR) is 105 cm³/mol. The summed E-state index contributed by atoms with van der Waals surface area (Å²) in [6.07, 6.45) is 2.23. The number of nitrogens with zero attached hydrogens (tertiary/aromatic N) is 2. The molecule has 4 rings (SSSR count). The van der Waals surface area contributed by atoms with E-state index >= 15 is 0 Å². The second-order valence-electron chi connectivity index (χ2n) is 6.52. The van der Waals surface area contributed by atoms with E-state index in [0.717, 1.165) is 23.6 Å². The van der Waals surface area contributed by atoms with Gasteiger partial charge in [0.05, 0.1) is 16.9 Å². The van der Waals surface area contributed by atoms with Gasteiger partial charge < -0.3 is 15.2 Å². The van der Waals surface area contributed by atoms with Gasteiger partial charge in [0, 0.05) is 24.6 Å². The van der Waals surface area contributed by atoms with Gasteiger partial charge in [-0.25, -0.2) is 9.37 Å². The molecule has 1 aliphatic heterocycles. The van der Waals surface area contributed by atoms with Crippen LogP contribution in [0.25, 0.3) is 0 Å². The molecule has 3 heterocycles. The summed E-state index contributed by atoms with van der Waals surface area (Å²) < 4.78 is 19.9. The summed E-state index contributed by atoms with van der Waals surface area (Å²) in [6, 6.07) is 8.67. The number of amides is 1. The highest BCUT2D eigenvalue weighted by Gasteiger charge is 2.19. The molecule has 0 radical (unpaired) electrons. The van der Waals surface area contributed by atoms with Crippen LogP contribution in [-0.2, 0) is 18.7 Å². The Balaban J connectivity index is 1.52. The van der Waals surface area contributed by atoms with Crippen molar-refractivity contribution in [1.82, 2.24) is 15.5 Å². The molecule has 8 heteroatoms. The largest absolute Gasteiger partial charge is 0.361 e. The Bertz CT molecular complexity index is 1020. The molecule has 3 aromatic rings. The molecule has 0 fully saturated rings. The molecule has 1 aromatic carbocycles. The Morgan fingerprint density at radius 3 is 3.11 bits per heavy atom. The van der Waals surface area contributed by atoms with Crippen LogP contribution in [0.2, 0.25) is 0 Å². The molecular formula is C20H19FN4O2S. The minimum Gasteiger partial charge on any atom is -0.361 e. The summed E-state index contributed by atoms with van der Waals surface area (Å²) in [6.45, 7) is 3.20. The van der Waals surface area contributed by atoms with Crippen molar-refractivity contribution in [3.05, 3.63) is 70.5 Å². The van der Waals surface area contributed by atoms with Crippen LogP contribution >= 0.6 is 11.8 Å². The fraction of sp³-hybridized carbons (Fsp3) is 0.250. The van der Waals surface area contributed by atoms with E-state index in [4.69, 9.17) is 4.52 Å². The highest BCUT2D eigenvalue weighted by atomic mass is 32.2. The van der Waals surface area contributed by atoms with Crippen molar-refractivity contribution in [2.45, 2.75) is 30.7 Å². The molecule has 0 aliphatic carbocycles. The van der Waals surface area contributed by atoms with Crippen LogP contribution < -0.4 is 10.6 Å². The first-order chi connectivity index (χ1) is 13.6. The Hall–Kier alpha value is -2.71. The lowest BCUT2D eigenvalue weighted by molar-refractivity contribution is 0.102. The maximum atomic E-state index is 14.8. The van der Waals surface area contributed by atoms with Gasteiger partial charge in [0.15, 0.2) is 0 Å². The van der Waals surface area contributed by atoms with E-state index in [1.165, 1.54) is 11.8 Å². The number of benzene rings is 1. The fourth-order valence-electron chi connectivity index (χ4n) is 3.13. The number of pyridine rings is 1. The fourth-order valence-corrected chi connectivity index (χ4v) is 4.00. The number of rotatable bonds is 5. The molecule has 1 amide bonds. The Kier molecular flexibility index (Phi) is 5.40. The third kappa shape index (κ3) is 3.93. The highest BCUT2D eigenvalue weighted by molar-refractivity contribution is 7.98. The Morgan fingerprint density at radius 2 is 2.29 bits per heavy atom. The van der Waals surface area contributed by atoms with Crippen LogP contribution in [0.4, 0.5) is 10.1 Å². The standard InChI is InChI=1S/C20H19FN4O2S/c1-12-9-14(25-27-12)11-28-20-16(3-2-7-23-20)19(26)24-17-5-4-13-10-22-8-6-15(13)18(17)21/h2-5,7,9,22H,6,8,10-11H2,1H3,(H,24,26). The maximum Gasteiger partial charge on any atom is 0.258 e. The normalized spacial score (nSPS) is 13.2. The third-order valence-corrected chi connectivity index (χ3v) is 5.54.